The maximum absolute atomic E-state index is 10.9. The van der Waals surface area contributed by atoms with Gasteiger partial charge < -0.3 is 15.7 Å². The standard InChI is InChI=1S/C10H18N2O7S2/c1-6(13)11-8(5-21(17,18)19)3-20-4-9(10(15)16)12-7(2)14/h8-9H,3-5H2,1-2H3,(H,11,13)(H,12,14)(H,15,16)(H,17,18,19). The van der Waals surface area contributed by atoms with Crippen molar-refractivity contribution in [1.29, 1.82) is 0 Å². The molecule has 0 fully saturated rings. The Morgan fingerprint density at radius 3 is 2.00 bits per heavy atom. The highest BCUT2D eigenvalue weighted by Crippen LogP contribution is 2.08. The summed E-state index contributed by atoms with van der Waals surface area (Å²) in [6.07, 6.45) is 0. The highest BCUT2D eigenvalue weighted by molar-refractivity contribution is 7.99. The number of carbonyl (C=O) groups excluding carboxylic acids is 2. The van der Waals surface area contributed by atoms with Crippen LogP contribution in [0.2, 0.25) is 0 Å². The third-order valence-corrected chi connectivity index (χ3v) is 4.13. The van der Waals surface area contributed by atoms with Crippen molar-refractivity contribution in [2.45, 2.75) is 25.9 Å². The molecule has 2 amide bonds. The number of rotatable bonds is 9. The van der Waals surface area contributed by atoms with E-state index in [2.05, 4.69) is 10.6 Å². The van der Waals surface area contributed by atoms with Crippen LogP contribution in [-0.4, -0.2) is 65.2 Å². The molecule has 4 N–H and O–H groups in total. The molecule has 0 heterocycles. The Kier molecular flexibility index (Phi) is 8.29. The van der Waals surface area contributed by atoms with Gasteiger partial charge in [-0.05, 0) is 0 Å². The molecule has 0 aliphatic rings. The maximum atomic E-state index is 10.9. The maximum Gasteiger partial charge on any atom is 0.327 e. The van der Waals surface area contributed by atoms with Crippen LogP contribution in [0.15, 0.2) is 0 Å². The highest BCUT2D eigenvalue weighted by Gasteiger charge is 2.21. The molecule has 0 rings (SSSR count). The lowest BCUT2D eigenvalue weighted by molar-refractivity contribution is -0.140. The molecule has 0 spiro atoms. The fourth-order valence-electron chi connectivity index (χ4n) is 1.42. The third-order valence-electron chi connectivity index (χ3n) is 2.10. The van der Waals surface area contributed by atoms with Crippen LogP contribution in [0.4, 0.5) is 0 Å². The fraction of sp³-hybridized carbons (Fsp3) is 0.700. The molecule has 0 aliphatic heterocycles. The van der Waals surface area contributed by atoms with Gasteiger partial charge >= 0.3 is 5.97 Å². The Morgan fingerprint density at radius 1 is 1.10 bits per heavy atom. The van der Waals surface area contributed by atoms with Crippen molar-refractivity contribution in [3.63, 3.8) is 0 Å². The van der Waals surface area contributed by atoms with Crippen molar-refractivity contribution in [2.24, 2.45) is 0 Å². The summed E-state index contributed by atoms with van der Waals surface area (Å²) >= 11 is 1.04. The quantitative estimate of drug-likeness (QED) is 0.378. The van der Waals surface area contributed by atoms with Gasteiger partial charge in [0.25, 0.3) is 10.1 Å². The molecule has 0 saturated carbocycles. The smallest absolute Gasteiger partial charge is 0.327 e. The van der Waals surface area contributed by atoms with E-state index < -0.39 is 45.7 Å². The molecule has 0 aromatic carbocycles. The summed E-state index contributed by atoms with van der Waals surface area (Å²) < 4.78 is 30.4. The number of carboxylic acid groups (broad SMARTS) is 1. The van der Waals surface area contributed by atoms with Gasteiger partial charge in [0.15, 0.2) is 0 Å². The highest BCUT2D eigenvalue weighted by atomic mass is 32.2. The van der Waals surface area contributed by atoms with Gasteiger partial charge in [-0.3, -0.25) is 14.1 Å². The zero-order chi connectivity index (χ0) is 16.6. The number of hydrogen-bond acceptors (Lipinski definition) is 6. The van der Waals surface area contributed by atoms with Crippen LogP contribution in [0, 0.1) is 0 Å². The molecule has 0 saturated heterocycles. The van der Waals surface area contributed by atoms with Crippen LogP contribution in [-0.2, 0) is 24.5 Å². The molecule has 122 valence electrons. The van der Waals surface area contributed by atoms with E-state index in [-0.39, 0.29) is 11.5 Å². The van der Waals surface area contributed by atoms with Gasteiger partial charge in [-0.1, -0.05) is 0 Å². The fourth-order valence-corrected chi connectivity index (χ4v) is 3.36. The summed E-state index contributed by atoms with van der Waals surface area (Å²) in [5.74, 6) is -2.79. The second kappa shape index (κ2) is 8.85. The zero-order valence-electron chi connectivity index (χ0n) is 11.5. The predicted octanol–water partition coefficient (Wildman–Crippen LogP) is -1.30. The molecule has 0 aliphatic carbocycles. The summed E-state index contributed by atoms with van der Waals surface area (Å²) in [6.45, 7) is 2.37. The first kappa shape index (κ1) is 19.7. The Bertz CT molecular complexity index is 492. The van der Waals surface area contributed by atoms with Gasteiger partial charge in [0.05, 0.1) is 11.8 Å². The van der Waals surface area contributed by atoms with Crippen molar-refractivity contribution >= 4 is 39.7 Å². The summed E-state index contributed by atoms with van der Waals surface area (Å²) in [4.78, 5) is 32.7. The predicted molar refractivity (Wildman–Crippen MR) is 76.6 cm³/mol. The lowest BCUT2D eigenvalue weighted by Gasteiger charge is -2.18. The van der Waals surface area contributed by atoms with E-state index in [1.165, 1.54) is 13.8 Å². The zero-order valence-corrected chi connectivity index (χ0v) is 13.2. The Labute approximate surface area is 126 Å². The molecule has 21 heavy (non-hydrogen) atoms. The van der Waals surface area contributed by atoms with E-state index in [0.717, 1.165) is 11.8 Å². The first-order valence-electron chi connectivity index (χ1n) is 5.81. The van der Waals surface area contributed by atoms with E-state index >= 15 is 0 Å². The molecule has 0 radical (unpaired) electrons. The van der Waals surface area contributed by atoms with Crippen molar-refractivity contribution in [3.05, 3.63) is 0 Å². The SMILES string of the molecule is CC(=O)NC(CSCC(NC(C)=O)C(=O)O)CS(=O)(=O)O. The molecule has 11 heteroatoms. The summed E-state index contributed by atoms with van der Waals surface area (Å²) in [5.41, 5.74) is 0. The van der Waals surface area contributed by atoms with Crippen LogP contribution in [0.5, 0.6) is 0 Å². The Hall–Kier alpha value is -1.33. The first-order chi connectivity index (χ1) is 9.51. The van der Waals surface area contributed by atoms with Crippen LogP contribution in [0.3, 0.4) is 0 Å². The monoisotopic (exact) mass is 342 g/mol. The third kappa shape index (κ3) is 11.0. The van der Waals surface area contributed by atoms with Crippen LogP contribution in [0.1, 0.15) is 13.8 Å². The molecule has 0 aromatic heterocycles. The number of hydrogen-bond donors (Lipinski definition) is 4. The van der Waals surface area contributed by atoms with Gasteiger partial charge in [0.1, 0.15) is 6.04 Å². The number of carbonyl (C=O) groups is 3. The van der Waals surface area contributed by atoms with Crippen molar-refractivity contribution in [2.75, 3.05) is 17.3 Å². The number of amides is 2. The van der Waals surface area contributed by atoms with Gasteiger partial charge in [0.2, 0.25) is 11.8 Å². The molecular formula is C10H18N2O7S2. The largest absolute Gasteiger partial charge is 0.480 e. The van der Waals surface area contributed by atoms with Gasteiger partial charge in [-0.2, -0.15) is 20.2 Å². The molecular weight excluding hydrogens is 324 g/mol. The van der Waals surface area contributed by atoms with Crippen LogP contribution < -0.4 is 10.6 Å². The number of nitrogens with one attached hydrogen (secondary N) is 2. The summed E-state index contributed by atoms with van der Waals surface area (Å²) in [7, 11) is -4.27. The van der Waals surface area contributed by atoms with Crippen molar-refractivity contribution in [3.8, 4) is 0 Å². The number of carboxylic acids is 1. The first-order valence-corrected chi connectivity index (χ1v) is 8.57. The number of aliphatic carboxylic acids is 1. The molecule has 9 nitrogen and oxygen atoms in total. The Morgan fingerprint density at radius 2 is 1.62 bits per heavy atom. The lowest BCUT2D eigenvalue weighted by Crippen LogP contribution is -2.43. The van der Waals surface area contributed by atoms with Crippen molar-refractivity contribution < 1.29 is 32.5 Å². The average molecular weight is 342 g/mol. The minimum Gasteiger partial charge on any atom is -0.480 e. The molecule has 0 aromatic rings. The van der Waals surface area contributed by atoms with E-state index in [0.29, 0.717) is 0 Å². The van der Waals surface area contributed by atoms with Gasteiger partial charge in [0, 0.05) is 25.4 Å². The van der Waals surface area contributed by atoms with E-state index in [4.69, 9.17) is 9.66 Å². The topological polar surface area (TPSA) is 150 Å². The molecule has 0 bridgehead atoms. The Balaban J connectivity index is 4.49. The summed E-state index contributed by atoms with van der Waals surface area (Å²) in [5, 5.41) is 13.5. The number of thioether (sulfide) groups is 1. The summed E-state index contributed by atoms with van der Waals surface area (Å²) in [6, 6.07) is -1.97. The van der Waals surface area contributed by atoms with Gasteiger partial charge in [-0.15, -0.1) is 0 Å². The van der Waals surface area contributed by atoms with Crippen LogP contribution in [0.25, 0.3) is 0 Å². The minimum atomic E-state index is -4.27. The van der Waals surface area contributed by atoms with Crippen LogP contribution >= 0.6 is 11.8 Å². The van der Waals surface area contributed by atoms with Gasteiger partial charge in [-0.25, -0.2) is 4.79 Å². The molecule has 2 unspecified atom stereocenters. The second-order valence-corrected chi connectivity index (χ2v) is 6.85. The average Bonchev–Trinajstić information content (AvgIpc) is 2.23. The van der Waals surface area contributed by atoms with E-state index in [1.54, 1.807) is 0 Å². The van der Waals surface area contributed by atoms with E-state index in [9.17, 15) is 22.8 Å². The lowest BCUT2D eigenvalue weighted by atomic mass is 10.3. The minimum absolute atomic E-state index is 0.00350. The van der Waals surface area contributed by atoms with Crippen molar-refractivity contribution in [1.82, 2.24) is 10.6 Å². The normalized spacial score (nSPS) is 14.0. The second-order valence-electron chi connectivity index (χ2n) is 4.27. The molecule has 2 atom stereocenters. The van der Waals surface area contributed by atoms with E-state index in [1.807, 2.05) is 0 Å².